The summed E-state index contributed by atoms with van der Waals surface area (Å²) in [5.74, 6) is -0.355. The summed E-state index contributed by atoms with van der Waals surface area (Å²) in [5.41, 5.74) is 6.31. The largest absolute Gasteiger partial charge is 0.329 e. The number of halogens is 2. The number of hydrogen-bond donors (Lipinski definition) is 1. The number of hydrogen-bond acceptors (Lipinski definition) is 2. The molecular formula is C12H18ClFN2. The highest BCUT2D eigenvalue weighted by atomic mass is 35.5. The van der Waals surface area contributed by atoms with Crippen LogP contribution < -0.4 is 5.73 Å². The van der Waals surface area contributed by atoms with E-state index in [1.807, 2.05) is 13.8 Å². The van der Waals surface area contributed by atoms with Gasteiger partial charge in [-0.2, -0.15) is 0 Å². The summed E-state index contributed by atoms with van der Waals surface area (Å²) < 4.78 is 13.9. The SMILES string of the molecule is CCN(CC)C(CN)c1cccc(Cl)c1F. The van der Waals surface area contributed by atoms with E-state index < -0.39 is 0 Å². The van der Waals surface area contributed by atoms with E-state index in [2.05, 4.69) is 4.90 Å². The lowest BCUT2D eigenvalue weighted by molar-refractivity contribution is 0.219. The molecule has 4 heteroatoms. The molecule has 2 N–H and O–H groups in total. The predicted octanol–water partition coefficient (Wildman–Crippen LogP) is 2.82. The van der Waals surface area contributed by atoms with Crippen LogP contribution in [-0.4, -0.2) is 24.5 Å². The van der Waals surface area contributed by atoms with E-state index in [9.17, 15) is 4.39 Å². The maximum atomic E-state index is 13.9. The molecule has 0 radical (unpaired) electrons. The molecular weight excluding hydrogens is 227 g/mol. The second-order valence-electron chi connectivity index (χ2n) is 3.62. The Kier molecular flexibility index (Phi) is 5.19. The molecule has 1 aromatic carbocycles. The van der Waals surface area contributed by atoms with Gasteiger partial charge in [-0.05, 0) is 19.2 Å². The number of rotatable bonds is 5. The lowest BCUT2D eigenvalue weighted by atomic mass is 10.0. The molecule has 0 heterocycles. The van der Waals surface area contributed by atoms with Gasteiger partial charge in [-0.25, -0.2) is 4.39 Å². The van der Waals surface area contributed by atoms with E-state index in [0.717, 1.165) is 13.1 Å². The minimum Gasteiger partial charge on any atom is -0.329 e. The highest BCUT2D eigenvalue weighted by molar-refractivity contribution is 6.30. The fraction of sp³-hybridized carbons (Fsp3) is 0.500. The van der Waals surface area contributed by atoms with Crippen molar-refractivity contribution in [3.05, 3.63) is 34.6 Å². The third-order valence-electron chi connectivity index (χ3n) is 2.82. The average molecular weight is 245 g/mol. The molecule has 0 spiro atoms. The molecule has 0 saturated carbocycles. The Labute approximate surface area is 101 Å². The predicted molar refractivity (Wildman–Crippen MR) is 66.1 cm³/mol. The lowest BCUT2D eigenvalue weighted by Gasteiger charge is -2.29. The standard InChI is InChI=1S/C12H18ClFN2/c1-3-16(4-2)11(8-15)9-6-5-7-10(13)12(9)14/h5-7,11H,3-4,8,15H2,1-2H3. The van der Waals surface area contributed by atoms with Gasteiger partial charge in [-0.1, -0.05) is 37.6 Å². The zero-order valence-corrected chi connectivity index (χ0v) is 10.5. The summed E-state index contributed by atoms with van der Waals surface area (Å²) in [6.45, 7) is 6.14. The summed E-state index contributed by atoms with van der Waals surface area (Å²) in [7, 11) is 0. The Balaban J connectivity index is 3.07. The van der Waals surface area contributed by atoms with Gasteiger partial charge in [0.1, 0.15) is 5.82 Å². The molecule has 0 bridgehead atoms. The third kappa shape index (κ3) is 2.73. The van der Waals surface area contributed by atoms with E-state index in [4.69, 9.17) is 17.3 Å². The number of nitrogens with two attached hydrogens (primary N) is 1. The summed E-state index contributed by atoms with van der Waals surface area (Å²) in [6, 6.07) is 4.95. The summed E-state index contributed by atoms with van der Waals surface area (Å²) in [6.07, 6.45) is 0. The summed E-state index contributed by atoms with van der Waals surface area (Å²) in [5, 5.41) is 0.156. The highest BCUT2D eigenvalue weighted by Crippen LogP contribution is 2.26. The molecule has 16 heavy (non-hydrogen) atoms. The van der Waals surface area contributed by atoms with Gasteiger partial charge in [0.2, 0.25) is 0 Å². The maximum Gasteiger partial charge on any atom is 0.146 e. The minimum absolute atomic E-state index is 0.103. The molecule has 90 valence electrons. The zero-order valence-electron chi connectivity index (χ0n) is 9.71. The van der Waals surface area contributed by atoms with Crippen molar-refractivity contribution < 1.29 is 4.39 Å². The Morgan fingerprint density at radius 3 is 2.50 bits per heavy atom. The lowest BCUT2D eigenvalue weighted by Crippen LogP contribution is -2.34. The van der Waals surface area contributed by atoms with Gasteiger partial charge < -0.3 is 5.73 Å². The van der Waals surface area contributed by atoms with Crippen LogP contribution in [0.15, 0.2) is 18.2 Å². The number of benzene rings is 1. The third-order valence-corrected chi connectivity index (χ3v) is 3.11. The second kappa shape index (κ2) is 6.18. The van der Waals surface area contributed by atoms with Crippen LogP contribution in [0.25, 0.3) is 0 Å². The fourth-order valence-corrected chi connectivity index (χ4v) is 2.10. The monoisotopic (exact) mass is 244 g/mol. The van der Waals surface area contributed by atoms with Crippen LogP contribution in [0, 0.1) is 5.82 Å². The van der Waals surface area contributed by atoms with Crippen molar-refractivity contribution in [2.45, 2.75) is 19.9 Å². The van der Waals surface area contributed by atoms with Gasteiger partial charge in [0.15, 0.2) is 0 Å². The van der Waals surface area contributed by atoms with Gasteiger partial charge in [0.25, 0.3) is 0 Å². The molecule has 1 rings (SSSR count). The van der Waals surface area contributed by atoms with Gasteiger partial charge in [0, 0.05) is 18.2 Å². The molecule has 0 aromatic heterocycles. The van der Waals surface area contributed by atoms with Crippen molar-refractivity contribution in [2.24, 2.45) is 5.73 Å². The van der Waals surface area contributed by atoms with E-state index >= 15 is 0 Å². The van der Waals surface area contributed by atoms with E-state index in [0.29, 0.717) is 12.1 Å². The Morgan fingerprint density at radius 1 is 1.38 bits per heavy atom. The molecule has 0 fully saturated rings. The highest BCUT2D eigenvalue weighted by Gasteiger charge is 2.20. The van der Waals surface area contributed by atoms with Crippen molar-refractivity contribution in [3.8, 4) is 0 Å². The maximum absolute atomic E-state index is 13.9. The van der Waals surface area contributed by atoms with Crippen LogP contribution in [-0.2, 0) is 0 Å². The molecule has 0 aliphatic heterocycles. The Hall–Kier alpha value is -0.640. The first-order valence-corrected chi connectivity index (χ1v) is 5.91. The van der Waals surface area contributed by atoms with Crippen molar-refractivity contribution in [3.63, 3.8) is 0 Å². The van der Waals surface area contributed by atoms with Crippen molar-refractivity contribution >= 4 is 11.6 Å². The average Bonchev–Trinajstić information content (AvgIpc) is 2.30. The molecule has 1 aromatic rings. The van der Waals surface area contributed by atoms with Gasteiger partial charge in [-0.15, -0.1) is 0 Å². The van der Waals surface area contributed by atoms with Crippen LogP contribution in [0.1, 0.15) is 25.5 Å². The van der Waals surface area contributed by atoms with Crippen LogP contribution in [0.2, 0.25) is 5.02 Å². The molecule has 0 aliphatic rings. The van der Waals surface area contributed by atoms with Crippen molar-refractivity contribution in [2.75, 3.05) is 19.6 Å². The van der Waals surface area contributed by atoms with E-state index in [1.54, 1.807) is 18.2 Å². The van der Waals surface area contributed by atoms with Crippen LogP contribution in [0.5, 0.6) is 0 Å². The van der Waals surface area contributed by atoms with Crippen molar-refractivity contribution in [1.29, 1.82) is 0 Å². The zero-order chi connectivity index (χ0) is 12.1. The second-order valence-corrected chi connectivity index (χ2v) is 4.02. The Bertz CT molecular complexity index is 340. The summed E-state index contributed by atoms with van der Waals surface area (Å²) in [4.78, 5) is 2.12. The normalized spacial score (nSPS) is 13.1. The van der Waals surface area contributed by atoms with Crippen molar-refractivity contribution in [1.82, 2.24) is 4.90 Å². The van der Waals surface area contributed by atoms with Crippen LogP contribution >= 0.6 is 11.6 Å². The molecule has 0 saturated heterocycles. The van der Waals surface area contributed by atoms with Gasteiger partial charge in [0.05, 0.1) is 5.02 Å². The van der Waals surface area contributed by atoms with Gasteiger partial charge in [-0.3, -0.25) is 4.90 Å². The topological polar surface area (TPSA) is 29.3 Å². The first-order valence-electron chi connectivity index (χ1n) is 5.53. The number of nitrogens with zero attached hydrogens (tertiary/aromatic N) is 1. The molecule has 1 atom stereocenters. The van der Waals surface area contributed by atoms with Crippen LogP contribution in [0.4, 0.5) is 4.39 Å². The number of likely N-dealkylation sites (N-methyl/N-ethyl adjacent to an activating group) is 1. The molecule has 0 amide bonds. The quantitative estimate of drug-likeness (QED) is 0.863. The molecule has 1 unspecified atom stereocenters. The first-order chi connectivity index (χ1) is 7.65. The smallest absolute Gasteiger partial charge is 0.146 e. The minimum atomic E-state index is -0.355. The first kappa shape index (κ1) is 13.4. The van der Waals surface area contributed by atoms with Gasteiger partial charge >= 0.3 is 0 Å². The molecule has 0 aliphatic carbocycles. The van der Waals surface area contributed by atoms with Crippen LogP contribution in [0.3, 0.4) is 0 Å². The molecule has 2 nitrogen and oxygen atoms in total. The van der Waals surface area contributed by atoms with E-state index in [1.165, 1.54) is 0 Å². The summed E-state index contributed by atoms with van der Waals surface area (Å²) >= 11 is 5.77. The fourth-order valence-electron chi connectivity index (χ4n) is 1.91. The Morgan fingerprint density at radius 2 is 2.00 bits per heavy atom. The van der Waals surface area contributed by atoms with E-state index in [-0.39, 0.29) is 16.9 Å².